The Bertz CT molecular complexity index is 1010. The van der Waals surface area contributed by atoms with Crippen LogP contribution < -0.4 is 0 Å². The lowest BCUT2D eigenvalue weighted by molar-refractivity contribution is 0.131. The highest BCUT2D eigenvalue weighted by molar-refractivity contribution is 5.18. The molecule has 3 aliphatic carbocycles. The van der Waals surface area contributed by atoms with Crippen LogP contribution in [0, 0.1) is 52.8 Å². The molecule has 0 radical (unpaired) electrons. The van der Waals surface area contributed by atoms with Gasteiger partial charge in [-0.1, -0.05) is 344 Å². The van der Waals surface area contributed by atoms with Crippen LogP contribution in [-0.4, -0.2) is 25.0 Å². The second kappa shape index (κ2) is 62.7. The second-order valence-electron chi connectivity index (χ2n) is 24.4. The summed E-state index contributed by atoms with van der Waals surface area (Å²) < 4.78 is 0. The molecule has 0 N–H and O–H groups in total. The van der Waals surface area contributed by atoms with Gasteiger partial charge in [0.25, 0.3) is 0 Å². The van der Waals surface area contributed by atoms with E-state index in [0.717, 1.165) is 52.8 Å². The first-order valence-corrected chi connectivity index (χ1v) is 33.0. The summed E-state index contributed by atoms with van der Waals surface area (Å²) in [5, 5.41) is 0. The van der Waals surface area contributed by atoms with E-state index >= 15 is 0 Å². The lowest BCUT2D eigenvalue weighted by Crippen LogP contribution is -2.42. The minimum atomic E-state index is 0.709. The Kier molecular flexibility index (Phi) is 71.9. The normalized spacial score (nSPS) is 19.2. The monoisotopic (exact) mass is 1020 g/mol. The summed E-state index contributed by atoms with van der Waals surface area (Å²) in [7, 11) is 2.17. The quantitative estimate of drug-likeness (QED) is 0.133. The minimum absolute atomic E-state index is 0.709. The molecule has 72 heavy (non-hydrogen) atoms. The average molecular weight is 1020 g/mol. The molecule has 0 unspecified atom stereocenters. The van der Waals surface area contributed by atoms with Crippen molar-refractivity contribution in [2.75, 3.05) is 20.1 Å². The van der Waals surface area contributed by atoms with Crippen LogP contribution in [0.1, 0.15) is 357 Å². The van der Waals surface area contributed by atoms with Crippen molar-refractivity contribution in [3.05, 3.63) is 35.9 Å². The standard InChI is InChI=1S/C10H14.C9H18.C8H18.C6H13N.2C6H12.2C6H14.2C5H12.C4H10/c1-3-9(2)10-7-5-4-6-8-10;1-3-9-6-4-8(2)5-7-9;1-4-7-8(5-2)6-3;1-3-6-4-7(2)5-6;1-5-3-6(2)4-5;1-3-6(2)4-5-6;1-4-6(3)5-2;1-3-5-6-4-2;1-4-5(2)3;1-3-5-4-2;1-3-4-2/h4-9H,3H2,1-2H3;8-9H,3-7H2,1-2H3;8H,4-7H2,1-3H3;6H,3-5H2,1-2H3;5-6H,3-4H2,1-2H3;3-5H2,1-2H3;6H,4-5H2,1-3H3;3-6H2,1-2H3;5H,4H2,1-3H3;3-5H2,1-2H3;3-4H2,1-2H3/t9-;;;;;;;;;;/m1........../s1. The number of rotatable bonds is 18. The van der Waals surface area contributed by atoms with Gasteiger partial charge >= 0.3 is 0 Å². The third-order valence-electron chi connectivity index (χ3n) is 16.2. The average Bonchev–Trinajstić information content (AvgIpc) is 4.15. The molecule has 1 heteroatoms. The highest BCUT2D eigenvalue weighted by atomic mass is 15.2. The van der Waals surface area contributed by atoms with E-state index in [2.05, 4.69) is 208 Å². The maximum atomic E-state index is 2.38. The molecule has 1 heterocycles. The molecule has 1 nitrogen and oxygen atoms in total. The number of benzene rings is 1. The zero-order valence-electron chi connectivity index (χ0n) is 55.7. The van der Waals surface area contributed by atoms with Gasteiger partial charge in [-0.2, -0.15) is 0 Å². The second-order valence-corrected chi connectivity index (χ2v) is 24.4. The summed E-state index contributed by atoms with van der Waals surface area (Å²) in [6, 6.07) is 10.6. The summed E-state index contributed by atoms with van der Waals surface area (Å²) in [6.45, 7) is 56.8. The molecule has 0 amide bonds. The van der Waals surface area contributed by atoms with Crippen molar-refractivity contribution in [1.82, 2.24) is 4.90 Å². The van der Waals surface area contributed by atoms with Crippen LogP contribution in [0.2, 0.25) is 0 Å². The first kappa shape index (κ1) is 82.5. The maximum absolute atomic E-state index is 2.38. The lowest BCUT2D eigenvalue weighted by Gasteiger charge is -2.35. The summed E-state index contributed by atoms with van der Waals surface area (Å²) in [5.41, 5.74) is 2.24. The predicted molar refractivity (Wildman–Crippen MR) is 342 cm³/mol. The number of likely N-dealkylation sites (tertiary alicyclic amines) is 1. The molecule has 1 atom stereocenters. The van der Waals surface area contributed by atoms with Crippen molar-refractivity contribution in [1.29, 1.82) is 0 Å². The molecule has 1 aromatic rings. The Morgan fingerprint density at radius 1 is 0.486 bits per heavy atom. The molecule has 4 fully saturated rings. The third-order valence-corrected chi connectivity index (χ3v) is 16.2. The number of hydrogen-bond acceptors (Lipinski definition) is 1. The topological polar surface area (TPSA) is 3.24 Å². The lowest BCUT2D eigenvalue weighted by atomic mass is 9.78. The smallest absolute Gasteiger partial charge is 0.00189 e. The SMILES string of the molecule is CC1CC(C)C1.CCC(C)C.CCC(C)CC.CCC1(C)CC1.CCC1CCC(C)CC1.CCC1CN(C)C1.CCCC.CCCC(CC)CC.CCCCC.CCCCCC.CC[C@@H](C)c1ccccc1. The van der Waals surface area contributed by atoms with Gasteiger partial charge in [-0.05, 0) is 103 Å². The summed E-state index contributed by atoms with van der Waals surface area (Å²) in [4.78, 5) is 2.36. The van der Waals surface area contributed by atoms with Gasteiger partial charge in [-0.3, -0.25) is 0 Å². The first-order chi connectivity index (χ1) is 34.2. The molecule has 4 aliphatic rings. The fourth-order valence-electron chi connectivity index (χ4n) is 7.96. The van der Waals surface area contributed by atoms with Gasteiger partial charge in [0.15, 0.2) is 0 Å². The highest BCUT2D eigenvalue weighted by Crippen LogP contribution is 2.47. The number of hydrogen-bond donors (Lipinski definition) is 0. The van der Waals surface area contributed by atoms with Crippen molar-refractivity contribution >= 4 is 0 Å². The van der Waals surface area contributed by atoms with Crippen LogP contribution in [0.5, 0.6) is 0 Å². The fraction of sp³-hybridized carbons (Fsp3) is 0.915. The summed E-state index contributed by atoms with van der Waals surface area (Å²) >= 11 is 0. The van der Waals surface area contributed by atoms with Crippen LogP contribution in [0.25, 0.3) is 0 Å². The van der Waals surface area contributed by atoms with E-state index in [1.807, 2.05) is 0 Å². The summed E-state index contributed by atoms with van der Waals surface area (Å²) in [6.07, 6.45) is 39.0. The molecule has 1 aromatic carbocycles. The van der Waals surface area contributed by atoms with Gasteiger partial charge < -0.3 is 4.90 Å². The molecule has 438 valence electrons. The first-order valence-electron chi connectivity index (χ1n) is 33.0. The molecule has 0 aromatic heterocycles. The highest BCUT2D eigenvalue weighted by Gasteiger charge is 2.34. The molecule has 1 saturated heterocycles. The summed E-state index contributed by atoms with van der Waals surface area (Å²) in [5.74, 6) is 8.72. The van der Waals surface area contributed by atoms with Gasteiger partial charge in [-0.15, -0.1) is 0 Å². The van der Waals surface area contributed by atoms with E-state index in [0.29, 0.717) is 5.92 Å². The van der Waals surface area contributed by atoms with E-state index in [1.165, 1.54) is 198 Å². The van der Waals surface area contributed by atoms with E-state index in [9.17, 15) is 0 Å². The van der Waals surface area contributed by atoms with Crippen LogP contribution in [-0.2, 0) is 0 Å². The van der Waals surface area contributed by atoms with Gasteiger partial charge in [0.2, 0.25) is 0 Å². The Balaban J connectivity index is -0.000000168. The molecule has 0 spiro atoms. The molecule has 1 aliphatic heterocycles. The van der Waals surface area contributed by atoms with E-state index in [1.54, 1.807) is 0 Å². The van der Waals surface area contributed by atoms with Crippen LogP contribution in [0.4, 0.5) is 0 Å². The predicted octanol–water partition coefficient (Wildman–Crippen LogP) is 25.9. The fourth-order valence-corrected chi connectivity index (χ4v) is 7.96. The third kappa shape index (κ3) is 65.3. The van der Waals surface area contributed by atoms with Crippen molar-refractivity contribution in [3.8, 4) is 0 Å². The van der Waals surface area contributed by atoms with Crippen LogP contribution in [0.3, 0.4) is 0 Å². The Morgan fingerprint density at radius 3 is 1.07 bits per heavy atom. The van der Waals surface area contributed by atoms with Gasteiger partial charge in [-0.25, -0.2) is 0 Å². The largest absolute Gasteiger partial charge is 0.306 e. The molecule has 5 rings (SSSR count). The zero-order chi connectivity index (χ0) is 56.6. The Hall–Kier alpha value is -0.820. The van der Waals surface area contributed by atoms with E-state index in [-0.39, 0.29) is 0 Å². The van der Waals surface area contributed by atoms with Crippen LogP contribution in [0.15, 0.2) is 30.3 Å². The van der Waals surface area contributed by atoms with Crippen molar-refractivity contribution < 1.29 is 0 Å². The minimum Gasteiger partial charge on any atom is -0.306 e. The van der Waals surface area contributed by atoms with Crippen molar-refractivity contribution in [2.24, 2.45) is 52.8 Å². The van der Waals surface area contributed by atoms with Crippen molar-refractivity contribution in [3.63, 3.8) is 0 Å². The molecule has 3 saturated carbocycles. The molecular weight excluding hydrogens is 867 g/mol. The number of nitrogens with zero attached hydrogens (tertiary/aromatic N) is 1. The maximum Gasteiger partial charge on any atom is 0.00189 e. The molecule has 0 bridgehead atoms. The van der Waals surface area contributed by atoms with Crippen LogP contribution >= 0.6 is 0 Å². The van der Waals surface area contributed by atoms with E-state index < -0.39 is 0 Å². The Labute approximate surface area is 463 Å². The van der Waals surface area contributed by atoms with Crippen molar-refractivity contribution in [2.45, 2.75) is 352 Å². The van der Waals surface area contributed by atoms with E-state index in [4.69, 9.17) is 0 Å². The Morgan fingerprint density at radius 2 is 0.903 bits per heavy atom. The molecular formula is C71H149N. The zero-order valence-corrected chi connectivity index (χ0v) is 55.7. The van der Waals surface area contributed by atoms with Gasteiger partial charge in [0, 0.05) is 13.1 Å². The van der Waals surface area contributed by atoms with Gasteiger partial charge in [0.05, 0.1) is 0 Å². The van der Waals surface area contributed by atoms with Gasteiger partial charge in [0.1, 0.15) is 0 Å². The number of unbranched alkanes of at least 4 members (excludes halogenated alkanes) is 6.